The van der Waals surface area contributed by atoms with Crippen molar-refractivity contribution in [1.82, 2.24) is 9.97 Å². The number of hydrogen-bond acceptors (Lipinski definition) is 5. The summed E-state index contributed by atoms with van der Waals surface area (Å²) >= 11 is 0. The summed E-state index contributed by atoms with van der Waals surface area (Å²) < 4.78 is 9.49. The molecule has 0 fully saturated rings. The Kier molecular flexibility index (Phi) is 4.96. The molecular weight excluding hydrogens is 171 g/mol. The topological polar surface area (TPSA) is 64.5 Å². The van der Waals surface area contributed by atoms with E-state index in [1.165, 1.54) is 20.3 Å². The Hall–Kier alpha value is -0.520. The Morgan fingerprint density at radius 3 is 1.92 bits per heavy atom. The van der Waals surface area contributed by atoms with E-state index < -0.39 is 0 Å². The molecule has 12 heavy (non-hydrogen) atoms. The van der Waals surface area contributed by atoms with Crippen LogP contribution in [0.3, 0.4) is 0 Å². The van der Waals surface area contributed by atoms with Gasteiger partial charge in [0.1, 0.15) is 0 Å². The maximum absolute atomic E-state index is 8.87. The van der Waals surface area contributed by atoms with Crippen LogP contribution < -0.4 is 9.47 Å². The molecule has 1 aromatic heterocycles. The van der Waals surface area contributed by atoms with Crippen molar-refractivity contribution in [2.75, 3.05) is 14.2 Å². The summed E-state index contributed by atoms with van der Waals surface area (Å²) in [5.74, 6) is 0.545. The van der Waals surface area contributed by atoms with Crippen LogP contribution in [-0.2, 0) is 0 Å². The average molecular weight is 180 g/mol. The molecule has 0 aliphatic rings. The van der Waals surface area contributed by atoms with Crippen LogP contribution >= 0.6 is 0 Å². The van der Waals surface area contributed by atoms with Crippen LogP contribution in [0.25, 0.3) is 0 Å². The van der Waals surface area contributed by atoms with Crippen LogP contribution in [-0.4, -0.2) is 58.9 Å². The van der Waals surface area contributed by atoms with Gasteiger partial charge >= 0.3 is 35.6 Å². The molecule has 0 aliphatic heterocycles. The molecule has 62 valence electrons. The van der Waals surface area contributed by atoms with Gasteiger partial charge in [-0.05, 0) is 0 Å². The van der Waals surface area contributed by atoms with Crippen molar-refractivity contribution < 1.29 is 14.6 Å². The molecule has 0 aliphatic carbocycles. The zero-order valence-electron chi connectivity index (χ0n) is 6.24. The Morgan fingerprint density at radius 1 is 1.17 bits per heavy atom. The molecule has 1 rings (SSSR count). The molecule has 0 bridgehead atoms. The molecule has 0 saturated carbocycles. The van der Waals surface area contributed by atoms with Gasteiger partial charge in [-0.2, -0.15) is 9.97 Å². The second-order valence-electron chi connectivity index (χ2n) is 1.75. The van der Waals surface area contributed by atoms with E-state index in [4.69, 9.17) is 14.6 Å². The first-order valence-corrected chi connectivity index (χ1v) is 2.92. The van der Waals surface area contributed by atoms with Crippen molar-refractivity contribution in [1.29, 1.82) is 0 Å². The summed E-state index contributed by atoms with van der Waals surface area (Å²) in [5.41, 5.74) is 0. The predicted molar refractivity (Wildman–Crippen MR) is 43.9 cm³/mol. The van der Waals surface area contributed by atoms with E-state index in [-0.39, 0.29) is 47.3 Å². The fraction of sp³-hybridized carbons (Fsp3) is 0.333. The Labute approximate surface area is 92.0 Å². The van der Waals surface area contributed by atoms with E-state index >= 15 is 0 Å². The van der Waals surface area contributed by atoms with Gasteiger partial charge in [0, 0.05) is 0 Å². The van der Waals surface area contributed by atoms with Gasteiger partial charge in [0.05, 0.1) is 20.3 Å². The summed E-state index contributed by atoms with van der Waals surface area (Å²) in [5, 5.41) is 8.87. The molecule has 0 saturated heterocycles. The third kappa shape index (κ3) is 2.84. The van der Waals surface area contributed by atoms with E-state index in [1.54, 1.807) is 0 Å². The first kappa shape index (κ1) is 11.5. The molecule has 0 radical (unpaired) electrons. The van der Waals surface area contributed by atoms with Gasteiger partial charge in [-0.25, -0.2) is 0 Å². The summed E-state index contributed by atoms with van der Waals surface area (Å²) in [7, 11) is 2.89. The fourth-order valence-corrected chi connectivity index (χ4v) is 0.601. The van der Waals surface area contributed by atoms with Gasteiger partial charge in [-0.3, -0.25) is 0 Å². The van der Waals surface area contributed by atoms with Crippen LogP contribution in [0.15, 0.2) is 6.07 Å². The molecule has 1 N–H and O–H groups in total. The third-order valence-corrected chi connectivity index (χ3v) is 1.09. The Balaban J connectivity index is 0.00000121. The van der Waals surface area contributed by atoms with E-state index in [0.717, 1.165) is 0 Å². The number of nitrogens with zero attached hydrogens (tertiary/aromatic N) is 2. The van der Waals surface area contributed by atoms with Crippen LogP contribution in [0.2, 0.25) is 0 Å². The second-order valence-corrected chi connectivity index (χ2v) is 1.75. The van der Waals surface area contributed by atoms with Gasteiger partial charge in [0.15, 0.2) is 0 Å². The number of aromatic hydroxyl groups is 1. The average Bonchev–Trinajstić information content (AvgIpc) is 2.03. The van der Waals surface area contributed by atoms with Crippen LogP contribution in [0, 0.1) is 0 Å². The van der Waals surface area contributed by atoms with Crippen molar-refractivity contribution in [2.45, 2.75) is 0 Å². The van der Waals surface area contributed by atoms with Gasteiger partial charge in [0.25, 0.3) is 0 Å². The summed E-state index contributed by atoms with van der Waals surface area (Å²) in [6.45, 7) is 0. The van der Waals surface area contributed by atoms with Crippen LogP contribution in [0.4, 0.5) is 0 Å². The molecule has 0 aromatic carbocycles. The van der Waals surface area contributed by atoms with Crippen molar-refractivity contribution in [3.63, 3.8) is 0 Å². The number of rotatable bonds is 2. The zero-order chi connectivity index (χ0) is 8.27. The van der Waals surface area contributed by atoms with Gasteiger partial charge in [-0.15, -0.1) is 0 Å². The maximum atomic E-state index is 8.87. The molecule has 6 heteroatoms. The van der Waals surface area contributed by atoms with Crippen LogP contribution in [0.5, 0.6) is 17.8 Å². The van der Waals surface area contributed by atoms with Crippen LogP contribution in [0.1, 0.15) is 0 Å². The van der Waals surface area contributed by atoms with Crippen molar-refractivity contribution in [3.05, 3.63) is 6.07 Å². The molecule has 0 atom stereocenters. The standard InChI is InChI=1S/C6H8N2O3.Na.H/c1-10-4-3-5(11-2)8-6(9)7-4;;/h3H,1-2H3,(H,7,8,9);;. The number of ether oxygens (including phenoxy) is 2. The van der Waals surface area contributed by atoms with Crippen molar-refractivity contribution >= 4 is 29.6 Å². The molecule has 0 spiro atoms. The fourth-order valence-electron chi connectivity index (χ4n) is 0.601. The first-order chi connectivity index (χ1) is 5.26. The SMILES string of the molecule is COc1cc(OC)nc(O)n1.[NaH]. The second kappa shape index (κ2) is 5.18. The Bertz CT molecular complexity index is 234. The Morgan fingerprint density at radius 2 is 1.58 bits per heavy atom. The molecule has 5 nitrogen and oxygen atoms in total. The molecule has 0 amide bonds. The van der Waals surface area contributed by atoms with E-state index in [2.05, 4.69) is 9.97 Å². The van der Waals surface area contributed by atoms with E-state index in [0.29, 0.717) is 0 Å². The molecule has 0 unspecified atom stereocenters. The summed E-state index contributed by atoms with van der Waals surface area (Å²) in [6.07, 6.45) is 0. The number of hydrogen-bond donors (Lipinski definition) is 1. The molecule has 1 aromatic rings. The summed E-state index contributed by atoms with van der Waals surface area (Å²) in [6, 6.07) is 1.11. The van der Waals surface area contributed by atoms with E-state index in [9.17, 15) is 0 Å². The normalized spacial score (nSPS) is 8.50. The minimum atomic E-state index is -0.360. The number of methoxy groups -OCH3 is 2. The van der Waals surface area contributed by atoms with Crippen molar-refractivity contribution in [2.24, 2.45) is 0 Å². The molecule has 1 heterocycles. The van der Waals surface area contributed by atoms with E-state index in [1.807, 2.05) is 0 Å². The third-order valence-electron chi connectivity index (χ3n) is 1.09. The minimum absolute atomic E-state index is 0. The van der Waals surface area contributed by atoms with Gasteiger partial charge < -0.3 is 14.6 Å². The summed E-state index contributed by atoms with van der Waals surface area (Å²) in [4.78, 5) is 7.08. The zero-order valence-corrected chi connectivity index (χ0v) is 6.24. The molecular formula is C6H9N2NaO3. The predicted octanol–water partition coefficient (Wildman–Crippen LogP) is -0.449. The number of aromatic nitrogens is 2. The van der Waals surface area contributed by atoms with Crippen molar-refractivity contribution in [3.8, 4) is 17.8 Å². The quantitative estimate of drug-likeness (QED) is 0.624. The first-order valence-electron chi connectivity index (χ1n) is 2.92. The monoisotopic (exact) mass is 180 g/mol. The van der Waals surface area contributed by atoms with Gasteiger partial charge in [0.2, 0.25) is 11.8 Å². The van der Waals surface area contributed by atoms with Gasteiger partial charge in [-0.1, -0.05) is 0 Å².